The summed E-state index contributed by atoms with van der Waals surface area (Å²) in [6.07, 6.45) is 0. The van der Waals surface area contributed by atoms with Gasteiger partial charge in [0.05, 0.1) is 17.7 Å². The molecule has 0 radical (unpaired) electrons. The molecule has 15 heavy (non-hydrogen) atoms. The number of esters is 1. The molecule has 0 amide bonds. The fraction of sp³-hybridized carbons (Fsp3) is 0.200. The zero-order valence-electron chi connectivity index (χ0n) is 7.69. The van der Waals surface area contributed by atoms with E-state index in [-0.39, 0.29) is 69.1 Å². The number of carbonyl (C=O) groups is 2. The Morgan fingerprint density at radius 3 is 2.27 bits per heavy atom. The molecule has 0 aliphatic carbocycles. The quantitative estimate of drug-likeness (QED) is 0.624. The summed E-state index contributed by atoms with van der Waals surface area (Å²) < 4.78 is 4.72. The Morgan fingerprint density at radius 1 is 1.27 bits per heavy atom. The number of rotatable bonds is 3. The molecule has 0 saturated heterocycles. The van der Waals surface area contributed by atoms with E-state index < -0.39 is 11.9 Å². The second-order valence-corrected chi connectivity index (χ2v) is 2.57. The number of carboxylic acids is 1. The number of hydrogen-bond donors (Lipinski definition) is 1. The van der Waals surface area contributed by atoms with Gasteiger partial charge in [0.15, 0.2) is 0 Å². The zero-order valence-corrected chi connectivity index (χ0v) is 7.69. The van der Waals surface area contributed by atoms with Gasteiger partial charge in [0, 0.05) is 0 Å². The van der Waals surface area contributed by atoms with Crippen molar-refractivity contribution in [1.29, 1.82) is 0 Å². The van der Waals surface area contributed by atoms with Crippen LogP contribution in [0.1, 0.15) is 27.6 Å². The molecule has 0 heterocycles. The van der Waals surface area contributed by atoms with Gasteiger partial charge in [-0.25, -0.2) is 9.59 Å². The molecule has 0 saturated carbocycles. The molecule has 0 unspecified atom stereocenters. The third kappa shape index (κ3) is 4.04. The Labute approximate surface area is 130 Å². The Hall–Kier alpha value is -0.204. The molecule has 0 aliphatic heterocycles. The summed E-state index contributed by atoms with van der Waals surface area (Å²) in [4.78, 5) is 22.0. The number of hydrogen-bond acceptors (Lipinski definition) is 3. The first kappa shape index (κ1) is 14.8. The zero-order chi connectivity index (χ0) is 10.6. The van der Waals surface area contributed by atoms with Crippen LogP contribution in [0.2, 0.25) is 0 Å². The van der Waals surface area contributed by atoms with Crippen LogP contribution >= 0.6 is 0 Å². The van der Waals surface area contributed by atoms with Gasteiger partial charge in [-0.1, -0.05) is 12.1 Å². The van der Waals surface area contributed by atoms with Gasteiger partial charge in [-0.05, 0) is 19.1 Å². The second-order valence-electron chi connectivity index (χ2n) is 2.57. The molecule has 0 spiro atoms. The minimum absolute atomic E-state index is 0. The van der Waals surface area contributed by atoms with Crippen molar-refractivity contribution < 1.29 is 19.4 Å². The second kappa shape index (κ2) is 7.13. The van der Waals surface area contributed by atoms with Gasteiger partial charge < -0.3 is 9.84 Å². The average Bonchev–Trinajstić information content (AvgIpc) is 2.18. The third-order valence-electron chi connectivity index (χ3n) is 1.65. The fourth-order valence-corrected chi connectivity index (χ4v) is 1.06. The summed E-state index contributed by atoms with van der Waals surface area (Å²) in [6.45, 7) is 1.90. The number of carboxylic acid groups (broad SMARTS) is 1. The normalized spacial score (nSPS) is 8.87. The summed E-state index contributed by atoms with van der Waals surface area (Å²) >= 11 is 0. The van der Waals surface area contributed by atoms with Crippen LogP contribution in [0, 0.1) is 0 Å². The van der Waals surface area contributed by atoms with Crippen LogP contribution in [0.15, 0.2) is 24.3 Å². The van der Waals surface area contributed by atoms with Gasteiger partial charge in [-0.2, -0.15) is 0 Å². The van der Waals surface area contributed by atoms with E-state index in [2.05, 4.69) is 0 Å². The van der Waals surface area contributed by atoms with Crippen LogP contribution in [0.5, 0.6) is 0 Å². The summed E-state index contributed by atoms with van der Waals surface area (Å²) in [5.41, 5.74) is 0.0489. The molecule has 0 fully saturated rings. The van der Waals surface area contributed by atoms with E-state index in [0.29, 0.717) is 0 Å². The number of aromatic carboxylic acids is 1. The number of benzene rings is 1. The predicted molar refractivity (Wildman–Crippen MR) is 56.5 cm³/mol. The van der Waals surface area contributed by atoms with Crippen molar-refractivity contribution in [2.45, 2.75) is 6.92 Å². The summed E-state index contributed by atoms with van der Waals surface area (Å²) in [6, 6.07) is 5.96. The maximum atomic E-state index is 11.3. The predicted octanol–water partition coefficient (Wildman–Crippen LogP) is 0.913. The van der Waals surface area contributed by atoms with Crippen LogP contribution in [-0.2, 0) is 4.74 Å². The van der Waals surface area contributed by atoms with E-state index >= 15 is 0 Å². The number of ether oxygens (including phenoxy) is 1. The third-order valence-corrected chi connectivity index (χ3v) is 1.65. The van der Waals surface area contributed by atoms with Crippen molar-refractivity contribution in [1.82, 2.24) is 0 Å². The summed E-state index contributed by atoms with van der Waals surface area (Å²) in [7, 11) is 0. The first-order valence-electron chi connectivity index (χ1n) is 4.16. The van der Waals surface area contributed by atoms with Crippen molar-refractivity contribution in [2.75, 3.05) is 6.61 Å². The fourth-order valence-electron chi connectivity index (χ4n) is 1.06. The monoisotopic (exact) mass is 234 g/mol. The van der Waals surface area contributed by atoms with E-state index in [1.807, 2.05) is 0 Å². The van der Waals surface area contributed by atoms with E-state index in [1.165, 1.54) is 12.1 Å². The van der Waals surface area contributed by atoms with Crippen LogP contribution < -0.4 is 0 Å². The Balaban J connectivity index is 0.00000196. The van der Waals surface area contributed by atoms with Crippen molar-refractivity contribution in [3.8, 4) is 0 Å². The van der Waals surface area contributed by atoms with Crippen LogP contribution in [0.4, 0.5) is 0 Å². The van der Waals surface area contributed by atoms with Crippen molar-refractivity contribution >= 4 is 63.3 Å². The van der Waals surface area contributed by atoms with Crippen molar-refractivity contribution in [3.05, 3.63) is 35.4 Å². The standard InChI is InChI=1S/C10H10O4.K.H/c1-2-14-10(13)8-6-4-3-5-7(8)9(11)12;;/h3-6H,2H2,1H3,(H,11,12);;. The molecule has 76 valence electrons. The first-order valence-corrected chi connectivity index (χ1v) is 4.16. The molecule has 1 aromatic rings. The molecule has 1 N–H and O–H groups in total. The van der Waals surface area contributed by atoms with E-state index in [1.54, 1.807) is 19.1 Å². The molecule has 1 aromatic carbocycles. The molecule has 0 atom stereocenters. The molecule has 0 aromatic heterocycles. The maximum absolute atomic E-state index is 11.3. The van der Waals surface area contributed by atoms with Gasteiger partial charge in [0.2, 0.25) is 0 Å². The molecule has 1 rings (SSSR count). The van der Waals surface area contributed by atoms with Crippen molar-refractivity contribution in [3.63, 3.8) is 0 Å². The van der Waals surface area contributed by atoms with E-state index in [4.69, 9.17) is 9.84 Å². The summed E-state index contributed by atoms with van der Waals surface area (Å²) in [5, 5.41) is 8.77. The van der Waals surface area contributed by atoms with Crippen LogP contribution in [0.25, 0.3) is 0 Å². The van der Waals surface area contributed by atoms with Crippen LogP contribution in [0.3, 0.4) is 0 Å². The van der Waals surface area contributed by atoms with Crippen LogP contribution in [-0.4, -0.2) is 75.0 Å². The van der Waals surface area contributed by atoms with Gasteiger partial charge in [0.25, 0.3) is 0 Å². The molecule has 5 heteroatoms. The van der Waals surface area contributed by atoms with E-state index in [9.17, 15) is 9.59 Å². The van der Waals surface area contributed by atoms with Gasteiger partial charge in [0.1, 0.15) is 0 Å². The Kier molecular flexibility index (Phi) is 7.04. The molecule has 4 nitrogen and oxygen atoms in total. The Bertz CT molecular complexity index is 362. The molecular formula is C10H11KO4. The first-order chi connectivity index (χ1) is 6.66. The van der Waals surface area contributed by atoms with Crippen molar-refractivity contribution in [2.24, 2.45) is 0 Å². The summed E-state index contributed by atoms with van der Waals surface area (Å²) in [5.74, 6) is -1.74. The number of carbonyl (C=O) groups excluding carboxylic acids is 1. The molecule has 0 bridgehead atoms. The van der Waals surface area contributed by atoms with Gasteiger partial charge >= 0.3 is 63.3 Å². The van der Waals surface area contributed by atoms with Gasteiger partial charge in [-0.3, -0.25) is 0 Å². The SMILES string of the molecule is CCOC(=O)c1ccccc1C(=O)O.[KH]. The minimum atomic E-state index is -1.13. The Morgan fingerprint density at radius 2 is 1.80 bits per heavy atom. The topological polar surface area (TPSA) is 63.6 Å². The average molecular weight is 234 g/mol. The van der Waals surface area contributed by atoms with Gasteiger partial charge in [-0.15, -0.1) is 0 Å². The molecule has 0 aliphatic rings. The van der Waals surface area contributed by atoms with E-state index in [0.717, 1.165) is 0 Å². The molecular weight excluding hydrogens is 223 g/mol.